The molecule has 122 valence electrons. The van der Waals surface area contributed by atoms with Crippen molar-refractivity contribution in [1.82, 2.24) is 19.9 Å². The number of pyridine rings is 1. The minimum Gasteiger partial charge on any atom is -0.309 e. The van der Waals surface area contributed by atoms with Crippen molar-refractivity contribution in [3.8, 4) is 0 Å². The molecule has 2 aromatic heterocycles. The predicted octanol–water partition coefficient (Wildman–Crippen LogP) is 3.80. The van der Waals surface area contributed by atoms with Gasteiger partial charge in [-0.25, -0.2) is 15.0 Å². The van der Waals surface area contributed by atoms with E-state index >= 15 is 0 Å². The molecular formula is C18H25N5. The Morgan fingerprint density at radius 2 is 1.96 bits per heavy atom. The van der Waals surface area contributed by atoms with E-state index < -0.39 is 0 Å². The molecule has 0 unspecified atom stereocenters. The first-order chi connectivity index (χ1) is 11.0. The van der Waals surface area contributed by atoms with Crippen LogP contribution in [0.2, 0.25) is 0 Å². The Morgan fingerprint density at radius 3 is 2.70 bits per heavy atom. The smallest absolute Gasteiger partial charge is 0.228 e. The minimum atomic E-state index is 0.302. The number of hydrogen-bond donors (Lipinski definition) is 1. The summed E-state index contributed by atoms with van der Waals surface area (Å²) in [5.41, 5.74) is 1.43. The van der Waals surface area contributed by atoms with Crippen LogP contribution in [0.15, 0.2) is 36.7 Å². The minimum absolute atomic E-state index is 0.302. The Morgan fingerprint density at radius 1 is 1.17 bits per heavy atom. The van der Waals surface area contributed by atoms with Crippen molar-refractivity contribution >= 4 is 11.8 Å². The van der Waals surface area contributed by atoms with Crippen molar-refractivity contribution in [3.05, 3.63) is 42.4 Å². The predicted molar refractivity (Wildman–Crippen MR) is 92.6 cm³/mol. The molecule has 1 fully saturated rings. The van der Waals surface area contributed by atoms with E-state index in [9.17, 15) is 0 Å². The number of likely N-dealkylation sites (tertiary alicyclic amines) is 1. The van der Waals surface area contributed by atoms with Gasteiger partial charge in [-0.05, 0) is 43.0 Å². The average molecular weight is 311 g/mol. The monoisotopic (exact) mass is 311 g/mol. The zero-order valence-electron chi connectivity index (χ0n) is 14.2. The Bertz CT molecular complexity index is 635. The third-order valence-electron chi connectivity index (χ3n) is 3.96. The van der Waals surface area contributed by atoms with Crippen LogP contribution in [-0.4, -0.2) is 32.9 Å². The van der Waals surface area contributed by atoms with Crippen LogP contribution in [0.3, 0.4) is 0 Å². The summed E-state index contributed by atoms with van der Waals surface area (Å²) in [5, 5.41) is 3.18. The molecule has 23 heavy (non-hydrogen) atoms. The summed E-state index contributed by atoms with van der Waals surface area (Å²) in [6, 6.07) is 8.36. The van der Waals surface area contributed by atoms with Gasteiger partial charge in [0, 0.05) is 18.9 Å². The summed E-state index contributed by atoms with van der Waals surface area (Å²) in [6.45, 7) is 9.13. The third kappa shape index (κ3) is 4.26. The number of aromatic nitrogens is 3. The Labute approximate surface area is 138 Å². The van der Waals surface area contributed by atoms with Crippen molar-refractivity contribution in [2.24, 2.45) is 5.41 Å². The average Bonchev–Trinajstić information content (AvgIpc) is 2.94. The second kappa shape index (κ2) is 6.62. The largest absolute Gasteiger partial charge is 0.309 e. The highest BCUT2D eigenvalue weighted by Crippen LogP contribution is 2.33. The second-order valence-electron chi connectivity index (χ2n) is 7.33. The summed E-state index contributed by atoms with van der Waals surface area (Å²) >= 11 is 0. The van der Waals surface area contributed by atoms with Gasteiger partial charge in [0.25, 0.3) is 0 Å². The molecule has 5 nitrogen and oxygen atoms in total. The first kappa shape index (κ1) is 15.9. The van der Waals surface area contributed by atoms with Gasteiger partial charge in [0.15, 0.2) is 0 Å². The van der Waals surface area contributed by atoms with E-state index in [0.29, 0.717) is 17.4 Å². The van der Waals surface area contributed by atoms with Crippen LogP contribution in [0.25, 0.3) is 0 Å². The van der Waals surface area contributed by atoms with Crippen LogP contribution in [0.1, 0.15) is 45.3 Å². The molecule has 1 saturated heterocycles. The van der Waals surface area contributed by atoms with Gasteiger partial charge in [0.1, 0.15) is 5.82 Å². The van der Waals surface area contributed by atoms with E-state index in [2.05, 4.69) is 53.1 Å². The fourth-order valence-electron chi connectivity index (χ4n) is 3.14. The van der Waals surface area contributed by atoms with Crippen molar-refractivity contribution in [2.75, 3.05) is 18.4 Å². The zero-order valence-corrected chi connectivity index (χ0v) is 14.2. The summed E-state index contributed by atoms with van der Waals surface area (Å²) in [7, 11) is 0. The van der Waals surface area contributed by atoms with Crippen LogP contribution < -0.4 is 5.32 Å². The Kier molecular flexibility index (Phi) is 4.57. The molecule has 1 aliphatic heterocycles. The molecule has 0 radical (unpaired) electrons. The van der Waals surface area contributed by atoms with Crippen LogP contribution in [0.5, 0.6) is 0 Å². The lowest BCUT2D eigenvalue weighted by atomic mass is 9.95. The standard InChI is InChI=1S/C18H25N5/c1-18(2,3)13-23-12-5-8-15(23)14-7-4-9-16(21-14)22-17-19-10-6-11-20-17/h4,6-7,9-11,15H,5,8,12-13H2,1-3H3,(H,19,20,21,22)/t15-/m1/s1. The summed E-state index contributed by atoms with van der Waals surface area (Å²) in [4.78, 5) is 15.7. The SMILES string of the molecule is CC(C)(C)CN1CCC[C@@H]1c1cccc(Nc2ncccn2)n1. The molecule has 0 bridgehead atoms. The molecule has 1 N–H and O–H groups in total. The van der Waals surface area contributed by atoms with Crippen molar-refractivity contribution < 1.29 is 0 Å². The number of rotatable bonds is 4. The van der Waals surface area contributed by atoms with Crippen molar-refractivity contribution in [3.63, 3.8) is 0 Å². The van der Waals surface area contributed by atoms with Gasteiger partial charge in [0.2, 0.25) is 5.95 Å². The van der Waals surface area contributed by atoms with E-state index in [-0.39, 0.29) is 0 Å². The first-order valence-corrected chi connectivity index (χ1v) is 8.26. The molecule has 0 aliphatic carbocycles. The lowest BCUT2D eigenvalue weighted by Crippen LogP contribution is -2.32. The summed E-state index contributed by atoms with van der Waals surface area (Å²) < 4.78 is 0. The highest BCUT2D eigenvalue weighted by Gasteiger charge is 2.30. The summed E-state index contributed by atoms with van der Waals surface area (Å²) in [5.74, 6) is 1.38. The number of nitrogens with one attached hydrogen (secondary N) is 1. The lowest BCUT2D eigenvalue weighted by Gasteiger charge is -2.31. The molecule has 2 aromatic rings. The van der Waals surface area contributed by atoms with Crippen molar-refractivity contribution in [1.29, 1.82) is 0 Å². The fourth-order valence-corrected chi connectivity index (χ4v) is 3.14. The maximum atomic E-state index is 4.80. The number of nitrogens with zero attached hydrogens (tertiary/aromatic N) is 4. The van der Waals surface area contributed by atoms with E-state index in [4.69, 9.17) is 4.98 Å². The lowest BCUT2D eigenvalue weighted by molar-refractivity contribution is 0.176. The molecule has 0 amide bonds. The Hall–Kier alpha value is -2.01. The van der Waals surface area contributed by atoms with Crippen LogP contribution in [-0.2, 0) is 0 Å². The molecule has 0 aromatic carbocycles. The fraction of sp³-hybridized carbons (Fsp3) is 0.500. The molecule has 5 heteroatoms. The van der Waals surface area contributed by atoms with Crippen LogP contribution >= 0.6 is 0 Å². The van der Waals surface area contributed by atoms with Gasteiger partial charge in [0.05, 0.1) is 11.7 Å². The van der Waals surface area contributed by atoms with Gasteiger partial charge < -0.3 is 5.32 Å². The maximum absolute atomic E-state index is 4.80. The second-order valence-corrected chi connectivity index (χ2v) is 7.33. The zero-order chi connectivity index (χ0) is 16.3. The highest BCUT2D eigenvalue weighted by atomic mass is 15.2. The van der Waals surface area contributed by atoms with Crippen LogP contribution in [0.4, 0.5) is 11.8 Å². The first-order valence-electron chi connectivity index (χ1n) is 8.26. The van der Waals surface area contributed by atoms with E-state index in [1.807, 2.05) is 6.07 Å². The molecule has 3 rings (SSSR count). The highest BCUT2D eigenvalue weighted by molar-refractivity contribution is 5.47. The topological polar surface area (TPSA) is 53.9 Å². The van der Waals surface area contributed by atoms with Gasteiger partial charge >= 0.3 is 0 Å². The normalized spacial score (nSPS) is 19.0. The van der Waals surface area contributed by atoms with Gasteiger partial charge in [-0.2, -0.15) is 0 Å². The molecule has 0 spiro atoms. The van der Waals surface area contributed by atoms with Crippen molar-refractivity contribution in [2.45, 2.75) is 39.7 Å². The van der Waals surface area contributed by atoms with E-state index in [1.165, 1.54) is 12.8 Å². The van der Waals surface area contributed by atoms with Gasteiger partial charge in [-0.3, -0.25) is 4.90 Å². The molecule has 1 atom stereocenters. The number of hydrogen-bond acceptors (Lipinski definition) is 5. The molecule has 3 heterocycles. The van der Waals surface area contributed by atoms with E-state index in [1.54, 1.807) is 18.5 Å². The quantitative estimate of drug-likeness (QED) is 0.931. The number of anilines is 2. The molecule has 0 saturated carbocycles. The molecular weight excluding hydrogens is 286 g/mol. The van der Waals surface area contributed by atoms with E-state index in [0.717, 1.165) is 24.6 Å². The molecule has 1 aliphatic rings. The Balaban J connectivity index is 1.76. The van der Waals surface area contributed by atoms with Crippen LogP contribution in [0, 0.1) is 5.41 Å². The third-order valence-corrected chi connectivity index (χ3v) is 3.96. The van der Waals surface area contributed by atoms with Gasteiger partial charge in [-0.15, -0.1) is 0 Å². The summed E-state index contributed by atoms with van der Waals surface area (Å²) in [6.07, 6.45) is 5.86. The van der Waals surface area contributed by atoms with Gasteiger partial charge in [-0.1, -0.05) is 26.8 Å². The maximum Gasteiger partial charge on any atom is 0.228 e.